The Balaban J connectivity index is 2.04. The van der Waals surface area contributed by atoms with Gasteiger partial charge < -0.3 is 17.7 Å². The molecule has 4 aromatic heterocycles. The Bertz CT molecular complexity index is 931. The van der Waals surface area contributed by atoms with E-state index in [9.17, 15) is 4.79 Å². The number of hydrogen-bond acceptors (Lipinski definition) is 5. The molecule has 0 spiro atoms. The third-order valence-corrected chi connectivity index (χ3v) is 3.98. The molecule has 5 rings (SSSR count). The van der Waals surface area contributed by atoms with E-state index in [-0.39, 0.29) is 5.41 Å². The van der Waals surface area contributed by atoms with E-state index in [1.807, 2.05) is 0 Å². The van der Waals surface area contributed by atoms with Crippen molar-refractivity contribution in [3.8, 4) is 0 Å². The quantitative estimate of drug-likeness (QED) is 0.483. The zero-order valence-electron chi connectivity index (χ0n) is 10.5. The SMILES string of the molecule is CC1(C)Cc2oc(c3c4oc(c5oc(=O)oc54)c23)C1. The standard InChI is InChI=1S/C14H10O5/c1-14(2)3-5-7-8(6(4-14)16-5)10-12-11(9(7)17-10)18-13(15)19-12/h3-4H2,1-2H3. The van der Waals surface area contributed by atoms with Crippen molar-refractivity contribution in [2.75, 3.05) is 0 Å². The Morgan fingerprint density at radius 3 is 1.84 bits per heavy atom. The molecular weight excluding hydrogens is 248 g/mol. The summed E-state index contributed by atoms with van der Waals surface area (Å²) in [6.45, 7) is 4.43. The van der Waals surface area contributed by atoms with Crippen molar-refractivity contribution in [1.82, 2.24) is 0 Å². The first-order valence-electron chi connectivity index (χ1n) is 6.25. The Labute approximate surface area is 106 Å². The van der Waals surface area contributed by atoms with Crippen LogP contribution in [0.15, 0.2) is 22.5 Å². The third kappa shape index (κ3) is 0.971. The summed E-state index contributed by atoms with van der Waals surface area (Å²) < 4.78 is 21.7. The number of fused-ring (bicyclic) bond motifs is 12. The molecule has 0 fully saturated rings. The van der Waals surface area contributed by atoms with E-state index in [4.69, 9.17) is 17.7 Å². The molecule has 0 saturated heterocycles. The van der Waals surface area contributed by atoms with E-state index < -0.39 is 5.82 Å². The van der Waals surface area contributed by atoms with Crippen molar-refractivity contribution in [3.63, 3.8) is 0 Å². The zero-order valence-corrected chi connectivity index (χ0v) is 10.5. The molecule has 1 aliphatic heterocycles. The summed E-state index contributed by atoms with van der Waals surface area (Å²) >= 11 is 0. The molecule has 0 unspecified atom stereocenters. The van der Waals surface area contributed by atoms with Crippen molar-refractivity contribution >= 4 is 33.1 Å². The lowest BCUT2D eigenvalue weighted by atomic mass is 9.84. The van der Waals surface area contributed by atoms with Crippen LogP contribution in [-0.4, -0.2) is 0 Å². The second kappa shape index (κ2) is 2.57. The van der Waals surface area contributed by atoms with E-state index in [1.54, 1.807) is 0 Å². The normalized spacial score (nSPS) is 18.2. The van der Waals surface area contributed by atoms with Gasteiger partial charge in [-0.3, -0.25) is 0 Å². The van der Waals surface area contributed by atoms with Crippen LogP contribution in [0.3, 0.4) is 0 Å². The van der Waals surface area contributed by atoms with Gasteiger partial charge in [-0.05, 0) is 5.41 Å². The predicted octanol–water partition coefficient (Wildman–Crippen LogP) is 3.44. The van der Waals surface area contributed by atoms with Crippen molar-refractivity contribution in [2.24, 2.45) is 5.41 Å². The van der Waals surface area contributed by atoms with Crippen LogP contribution in [-0.2, 0) is 12.8 Å². The molecule has 0 aliphatic carbocycles. The van der Waals surface area contributed by atoms with E-state index in [1.165, 1.54) is 0 Å². The maximum atomic E-state index is 11.2. The Hall–Kier alpha value is -2.17. The van der Waals surface area contributed by atoms with Gasteiger partial charge in [0.15, 0.2) is 11.2 Å². The van der Waals surface area contributed by atoms with Crippen LogP contribution >= 0.6 is 0 Å². The summed E-state index contributed by atoms with van der Waals surface area (Å²) in [5.74, 6) is 1.15. The Kier molecular flexibility index (Phi) is 1.31. The fourth-order valence-corrected chi connectivity index (χ4v) is 3.29. The number of furan rings is 3. The maximum Gasteiger partial charge on any atom is 0.519 e. The monoisotopic (exact) mass is 258 g/mol. The van der Waals surface area contributed by atoms with Crippen LogP contribution in [0.1, 0.15) is 25.4 Å². The molecule has 96 valence electrons. The zero-order chi connectivity index (χ0) is 12.9. The molecule has 4 bridgehead atoms. The lowest BCUT2D eigenvalue weighted by Gasteiger charge is -2.24. The fraction of sp³-hybridized carbons (Fsp3) is 0.357. The van der Waals surface area contributed by atoms with Crippen molar-refractivity contribution < 1.29 is 17.7 Å². The molecule has 5 heterocycles. The van der Waals surface area contributed by atoms with E-state index in [2.05, 4.69) is 13.8 Å². The van der Waals surface area contributed by atoms with Gasteiger partial charge in [0.2, 0.25) is 11.2 Å². The first-order chi connectivity index (χ1) is 9.03. The highest BCUT2D eigenvalue weighted by molar-refractivity contribution is 6.23. The first-order valence-corrected chi connectivity index (χ1v) is 6.25. The molecule has 19 heavy (non-hydrogen) atoms. The van der Waals surface area contributed by atoms with Crippen LogP contribution in [0.5, 0.6) is 0 Å². The van der Waals surface area contributed by atoms with Gasteiger partial charge in [-0.1, -0.05) is 13.8 Å². The second-order valence-corrected chi connectivity index (χ2v) is 6.09. The molecule has 0 amide bonds. The van der Waals surface area contributed by atoms with Crippen molar-refractivity contribution in [3.05, 3.63) is 22.1 Å². The maximum absolute atomic E-state index is 11.2. The molecule has 4 aromatic rings. The lowest BCUT2D eigenvalue weighted by Crippen LogP contribution is -2.19. The predicted molar refractivity (Wildman–Crippen MR) is 66.7 cm³/mol. The van der Waals surface area contributed by atoms with Crippen molar-refractivity contribution in [2.45, 2.75) is 26.7 Å². The van der Waals surface area contributed by atoms with E-state index in [0.29, 0.717) is 22.3 Å². The van der Waals surface area contributed by atoms with Crippen LogP contribution in [0.2, 0.25) is 0 Å². The molecule has 0 aromatic carbocycles. The lowest BCUT2D eigenvalue weighted by molar-refractivity contribution is 0.259. The summed E-state index contributed by atoms with van der Waals surface area (Å²) in [7, 11) is 0. The van der Waals surface area contributed by atoms with Gasteiger partial charge in [-0.15, -0.1) is 0 Å². The van der Waals surface area contributed by atoms with Gasteiger partial charge in [0.25, 0.3) is 0 Å². The summed E-state index contributed by atoms with van der Waals surface area (Å²) in [4.78, 5) is 11.2. The summed E-state index contributed by atoms with van der Waals surface area (Å²) in [5.41, 5.74) is 2.14. The highest BCUT2D eigenvalue weighted by Gasteiger charge is 2.37. The van der Waals surface area contributed by atoms with E-state index in [0.717, 1.165) is 35.1 Å². The van der Waals surface area contributed by atoms with Gasteiger partial charge >= 0.3 is 5.82 Å². The third-order valence-electron chi connectivity index (χ3n) is 3.98. The average Bonchev–Trinajstić information content (AvgIpc) is 2.97. The van der Waals surface area contributed by atoms with Gasteiger partial charge in [0.1, 0.15) is 11.5 Å². The van der Waals surface area contributed by atoms with Gasteiger partial charge in [-0.2, -0.15) is 0 Å². The highest BCUT2D eigenvalue weighted by Crippen LogP contribution is 2.49. The highest BCUT2D eigenvalue weighted by atomic mass is 16.6. The van der Waals surface area contributed by atoms with Crippen LogP contribution in [0.25, 0.3) is 33.1 Å². The summed E-state index contributed by atoms with van der Waals surface area (Å²) in [6, 6.07) is 0. The van der Waals surface area contributed by atoms with Gasteiger partial charge in [0.05, 0.1) is 10.8 Å². The first kappa shape index (κ1) is 9.72. The Morgan fingerprint density at radius 2 is 1.32 bits per heavy atom. The minimum atomic E-state index is -0.689. The summed E-state index contributed by atoms with van der Waals surface area (Å²) in [5, 5.41) is 1.90. The molecule has 0 saturated carbocycles. The Morgan fingerprint density at radius 1 is 0.789 bits per heavy atom. The molecule has 0 radical (unpaired) electrons. The van der Waals surface area contributed by atoms with Crippen molar-refractivity contribution in [1.29, 1.82) is 0 Å². The smallest absolute Gasteiger partial charge is 0.464 e. The fourth-order valence-electron chi connectivity index (χ4n) is 3.29. The molecule has 5 nitrogen and oxygen atoms in total. The molecule has 0 atom stereocenters. The van der Waals surface area contributed by atoms with Gasteiger partial charge in [0, 0.05) is 12.8 Å². The largest absolute Gasteiger partial charge is 0.519 e. The number of benzene rings is 1. The molecule has 0 N–H and O–H groups in total. The topological polar surface area (TPSA) is 69.6 Å². The van der Waals surface area contributed by atoms with Crippen LogP contribution < -0.4 is 5.82 Å². The minimum absolute atomic E-state index is 0.176. The van der Waals surface area contributed by atoms with Crippen LogP contribution in [0, 0.1) is 5.41 Å². The number of rotatable bonds is 0. The molecule has 5 heteroatoms. The van der Waals surface area contributed by atoms with E-state index >= 15 is 0 Å². The number of hydrogen-bond donors (Lipinski definition) is 0. The minimum Gasteiger partial charge on any atom is -0.464 e. The second-order valence-electron chi connectivity index (χ2n) is 6.09. The molecular formula is C14H10O5. The summed E-state index contributed by atoms with van der Waals surface area (Å²) in [6.07, 6.45) is 1.71. The van der Waals surface area contributed by atoms with Gasteiger partial charge in [-0.25, -0.2) is 4.79 Å². The molecule has 1 aliphatic rings. The van der Waals surface area contributed by atoms with Crippen LogP contribution in [0.4, 0.5) is 0 Å². The average molecular weight is 258 g/mol.